The predicted molar refractivity (Wildman–Crippen MR) is 69.6 cm³/mol. The van der Waals surface area contributed by atoms with Crippen molar-refractivity contribution in [2.45, 2.75) is 57.1 Å². The maximum atomic E-state index is 12.7. The van der Waals surface area contributed by atoms with Crippen molar-refractivity contribution in [1.82, 2.24) is 10.2 Å². The summed E-state index contributed by atoms with van der Waals surface area (Å²) >= 11 is 0. The highest BCUT2D eigenvalue weighted by molar-refractivity contribution is 6.07. The largest absolute Gasteiger partial charge is 0.376 e. The molecule has 19 heavy (non-hydrogen) atoms. The number of urea groups is 1. The Morgan fingerprint density at radius 3 is 2.84 bits per heavy atom. The quantitative estimate of drug-likeness (QED) is 0.773. The Kier molecular flexibility index (Phi) is 3.25. The van der Waals surface area contributed by atoms with E-state index in [1.54, 1.807) is 0 Å². The number of nitrogens with one attached hydrogen (secondary N) is 1. The zero-order valence-corrected chi connectivity index (χ0v) is 11.5. The lowest BCUT2D eigenvalue weighted by molar-refractivity contribution is -0.135. The molecule has 0 aromatic carbocycles. The molecule has 0 bridgehead atoms. The molecule has 0 aromatic rings. The van der Waals surface area contributed by atoms with Gasteiger partial charge in [-0.25, -0.2) is 4.79 Å². The van der Waals surface area contributed by atoms with E-state index in [1.807, 2.05) is 0 Å². The van der Waals surface area contributed by atoms with Crippen LogP contribution in [0.25, 0.3) is 0 Å². The van der Waals surface area contributed by atoms with Gasteiger partial charge in [0, 0.05) is 6.61 Å². The first-order valence-electron chi connectivity index (χ1n) is 7.39. The van der Waals surface area contributed by atoms with Crippen molar-refractivity contribution in [2.24, 2.45) is 5.92 Å². The third-order valence-electron chi connectivity index (χ3n) is 4.91. The van der Waals surface area contributed by atoms with Crippen molar-refractivity contribution in [1.29, 1.82) is 0 Å². The molecule has 3 atom stereocenters. The number of hydrogen-bond donors (Lipinski definition) is 1. The molecule has 0 aromatic heterocycles. The van der Waals surface area contributed by atoms with E-state index < -0.39 is 5.54 Å². The number of rotatable bonds is 2. The molecule has 5 nitrogen and oxygen atoms in total. The minimum absolute atomic E-state index is 0.0276. The number of amides is 3. The molecule has 1 spiro atoms. The zero-order valence-electron chi connectivity index (χ0n) is 11.5. The van der Waals surface area contributed by atoms with E-state index in [0.717, 1.165) is 45.1 Å². The fourth-order valence-corrected chi connectivity index (χ4v) is 3.65. The van der Waals surface area contributed by atoms with Crippen molar-refractivity contribution in [3.8, 4) is 0 Å². The molecular formula is C14H22N2O3. The Morgan fingerprint density at radius 1 is 1.32 bits per heavy atom. The Hall–Kier alpha value is -1.10. The van der Waals surface area contributed by atoms with Gasteiger partial charge in [-0.3, -0.25) is 9.69 Å². The van der Waals surface area contributed by atoms with Gasteiger partial charge in [0.1, 0.15) is 5.54 Å². The van der Waals surface area contributed by atoms with Crippen molar-refractivity contribution >= 4 is 11.9 Å². The molecule has 106 valence electrons. The molecule has 3 aliphatic rings. The normalized spacial score (nSPS) is 39.1. The monoisotopic (exact) mass is 266 g/mol. The van der Waals surface area contributed by atoms with Crippen LogP contribution in [0, 0.1) is 5.92 Å². The molecule has 1 saturated carbocycles. The average molecular weight is 266 g/mol. The van der Waals surface area contributed by atoms with E-state index in [-0.39, 0.29) is 24.0 Å². The molecule has 0 unspecified atom stereocenters. The number of ether oxygens (including phenoxy) is 1. The third-order valence-corrected chi connectivity index (χ3v) is 4.91. The van der Waals surface area contributed by atoms with Gasteiger partial charge in [-0.05, 0) is 31.6 Å². The molecule has 2 saturated heterocycles. The van der Waals surface area contributed by atoms with Crippen LogP contribution in [0.3, 0.4) is 0 Å². The number of nitrogens with zero attached hydrogens (tertiary/aromatic N) is 1. The van der Waals surface area contributed by atoms with E-state index in [4.69, 9.17) is 4.74 Å². The summed E-state index contributed by atoms with van der Waals surface area (Å²) in [5.74, 6) is 0.201. The van der Waals surface area contributed by atoms with Crippen LogP contribution in [0.5, 0.6) is 0 Å². The molecular weight excluding hydrogens is 244 g/mol. The van der Waals surface area contributed by atoms with Gasteiger partial charge in [0.25, 0.3) is 5.91 Å². The highest BCUT2D eigenvalue weighted by atomic mass is 16.5. The van der Waals surface area contributed by atoms with E-state index in [0.29, 0.717) is 6.54 Å². The maximum Gasteiger partial charge on any atom is 0.325 e. The van der Waals surface area contributed by atoms with Crippen LogP contribution in [0.2, 0.25) is 0 Å². The van der Waals surface area contributed by atoms with Gasteiger partial charge in [-0.15, -0.1) is 0 Å². The lowest BCUT2D eigenvalue weighted by atomic mass is 9.73. The fourth-order valence-electron chi connectivity index (χ4n) is 3.65. The van der Waals surface area contributed by atoms with Crippen molar-refractivity contribution in [2.75, 3.05) is 13.2 Å². The topological polar surface area (TPSA) is 58.6 Å². The van der Waals surface area contributed by atoms with E-state index in [9.17, 15) is 9.59 Å². The van der Waals surface area contributed by atoms with Gasteiger partial charge in [0.05, 0.1) is 12.6 Å². The minimum atomic E-state index is -0.631. The lowest BCUT2D eigenvalue weighted by Gasteiger charge is -2.36. The van der Waals surface area contributed by atoms with Gasteiger partial charge >= 0.3 is 6.03 Å². The fraction of sp³-hybridized carbons (Fsp3) is 0.857. The van der Waals surface area contributed by atoms with Crippen LogP contribution in [0.1, 0.15) is 45.4 Å². The summed E-state index contributed by atoms with van der Waals surface area (Å²) in [6.07, 6.45) is 5.96. The zero-order chi connectivity index (χ0) is 13.5. The van der Waals surface area contributed by atoms with Gasteiger partial charge in [0.15, 0.2) is 0 Å². The number of carbonyl (C=O) groups excluding carboxylic acids is 2. The smallest absolute Gasteiger partial charge is 0.325 e. The Labute approximate surface area is 113 Å². The average Bonchev–Trinajstić information content (AvgIpc) is 2.97. The first-order valence-corrected chi connectivity index (χ1v) is 7.39. The van der Waals surface area contributed by atoms with E-state index in [2.05, 4.69) is 12.2 Å². The van der Waals surface area contributed by atoms with E-state index >= 15 is 0 Å². The standard InChI is InChI=1S/C14H22N2O3/c1-10-5-2-3-7-14(10)12(17)16(13(18)15-14)9-11-6-4-8-19-11/h10-11H,2-9H2,1H3,(H,15,18)/t10-,11+,14+/m1/s1. The Morgan fingerprint density at radius 2 is 2.16 bits per heavy atom. The first kappa shape index (κ1) is 12.9. The van der Waals surface area contributed by atoms with Crippen LogP contribution >= 0.6 is 0 Å². The van der Waals surface area contributed by atoms with Crippen LogP contribution in [-0.2, 0) is 9.53 Å². The Balaban J connectivity index is 1.76. The number of hydrogen-bond acceptors (Lipinski definition) is 3. The predicted octanol–water partition coefficient (Wildman–Crippen LogP) is 1.67. The molecule has 2 aliphatic heterocycles. The highest BCUT2D eigenvalue weighted by Crippen LogP contribution is 2.38. The highest BCUT2D eigenvalue weighted by Gasteiger charge is 2.55. The van der Waals surface area contributed by atoms with Crippen molar-refractivity contribution in [3.63, 3.8) is 0 Å². The molecule has 3 amide bonds. The molecule has 3 rings (SSSR count). The second-order valence-corrected chi connectivity index (χ2v) is 6.10. The second kappa shape index (κ2) is 4.78. The summed E-state index contributed by atoms with van der Waals surface area (Å²) < 4.78 is 5.54. The number of imide groups is 1. The molecule has 0 radical (unpaired) electrons. The van der Waals surface area contributed by atoms with Crippen LogP contribution < -0.4 is 5.32 Å². The maximum absolute atomic E-state index is 12.7. The summed E-state index contributed by atoms with van der Waals surface area (Å²) in [5, 5.41) is 2.97. The van der Waals surface area contributed by atoms with E-state index in [1.165, 1.54) is 4.90 Å². The van der Waals surface area contributed by atoms with Gasteiger partial charge in [-0.1, -0.05) is 19.8 Å². The van der Waals surface area contributed by atoms with Crippen LogP contribution in [0.15, 0.2) is 0 Å². The summed E-state index contributed by atoms with van der Waals surface area (Å²) in [4.78, 5) is 26.2. The summed E-state index contributed by atoms with van der Waals surface area (Å²) in [7, 11) is 0. The van der Waals surface area contributed by atoms with Crippen molar-refractivity contribution < 1.29 is 14.3 Å². The van der Waals surface area contributed by atoms with Gasteiger partial charge in [0.2, 0.25) is 0 Å². The summed E-state index contributed by atoms with van der Waals surface area (Å²) in [6.45, 7) is 3.24. The molecule has 2 heterocycles. The first-order chi connectivity index (χ1) is 9.13. The van der Waals surface area contributed by atoms with Crippen molar-refractivity contribution in [3.05, 3.63) is 0 Å². The lowest BCUT2D eigenvalue weighted by Crippen LogP contribution is -2.54. The summed E-state index contributed by atoms with van der Waals surface area (Å²) in [5.41, 5.74) is -0.631. The molecule has 3 fully saturated rings. The third kappa shape index (κ3) is 2.04. The van der Waals surface area contributed by atoms with Crippen LogP contribution in [-0.4, -0.2) is 41.6 Å². The SMILES string of the molecule is C[C@@H]1CCCC[C@]12NC(=O)N(C[C@@H]1CCCO1)C2=O. The minimum Gasteiger partial charge on any atom is -0.376 e. The summed E-state index contributed by atoms with van der Waals surface area (Å²) in [6, 6.07) is -0.228. The second-order valence-electron chi connectivity index (χ2n) is 6.10. The van der Waals surface area contributed by atoms with Gasteiger partial charge < -0.3 is 10.1 Å². The van der Waals surface area contributed by atoms with Gasteiger partial charge in [-0.2, -0.15) is 0 Å². The number of carbonyl (C=O) groups is 2. The molecule has 1 aliphatic carbocycles. The van der Waals surface area contributed by atoms with Crippen LogP contribution in [0.4, 0.5) is 4.79 Å². The Bertz CT molecular complexity index is 392. The molecule has 1 N–H and O–H groups in total. The molecule has 5 heteroatoms.